The molecule has 2 rings (SSSR count). The summed E-state index contributed by atoms with van der Waals surface area (Å²) in [7, 11) is 5.76. The highest BCUT2D eigenvalue weighted by molar-refractivity contribution is 6.16. The largest absolute Gasteiger partial charge is 0.481 e. The molecule has 5 nitrogen and oxygen atoms in total. The van der Waals surface area contributed by atoms with Gasteiger partial charge in [-0.2, -0.15) is 4.98 Å². The molecule has 0 saturated carbocycles. The lowest BCUT2D eigenvalue weighted by molar-refractivity contribution is 0.357. The van der Waals surface area contributed by atoms with Crippen LogP contribution in [0.5, 0.6) is 5.88 Å². The standard InChI is InChI=1S/C14H21ClN4O/c1-10(7-8-18(2)3)19-12(9-15)16-11-5-6-13(20-4)17-14(11)19/h5-6,10H,7-9H2,1-4H3. The summed E-state index contributed by atoms with van der Waals surface area (Å²) in [5, 5.41) is 0. The fourth-order valence-corrected chi connectivity index (χ4v) is 2.44. The van der Waals surface area contributed by atoms with Gasteiger partial charge in [0.05, 0.1) is 13.0 Å². The molecule has 0 aliphatic carbocycles. The number of halogens is 1. The minimum Gasteiger partial charge on any atom is -0.481 e. The number of hydrogen-bond acceptors (Lipinski definition) is 4. The van der Waals surface area contributed by atoms with Gasteiger partial charge in [-0.25, -0.2) is 4.98 Å². The highest BCUT2D eigenvalue weighted by Crippen LogP contribution is 2.24. The van der Waals surface area contributed by atoms with Crippen LogP contribution in [-0.4, -0.2) is 47.2 Å². The summed E-state index contributed by atoms with van der Waals surface area (Å²) >= 11 is 6.03. The minimum absolute atomic E-state index is 0.288. The second-order valence-corrected chi connectivity index (χ2v) is 5.44. The number of nitrogens with zero attached hydrogens (tertiary/aromatic N) is 4. The third-order valence-corrected chi connectivity index (χ3v) is 3.59. The van der Waals surface area contributed by atoms with Gasteiger partial charge in [0, 0.05) is 12.1 Å². The molecular weight excluding hydrogens is 276 g/mol. The Morgan fingerprint density at radius 2 is 2.10 bits per heavy atom. The van der Waals surface area contributed by atoms with Crippen molar-refractivity contribution in [3.05, 3.63) is 18.0 Å². The third-order valence-electron chi connectivity index (χ3n) is 3.35. The molecule has 6 heteroatoms. The van der Waals surface area contributed by atoms with Crippen LogP contribution in [0.1, 0.15) is 25.2 Å². The van der Waals surface area contributed by atoms with Crippen molar-refractivity contribution in [1.29, 1.82) is 0 Å². The van der Waals surface area contributed by atoms with Gasteiger partial charge in [0.15, 0.2) is 5.65 Å². The Morgan fingerprint density at radius 1 is 1.35 bits per heavy atom. The van der Waals surface area contributed by atoms with Gasteiger partial charge in [-0.3, -0.25) is 0 Å². The van der Waals surface area contributed by atoms with Crippen LogP contribution in [0.15, 0.2) is 12.1 Å². The van der Waals surface area contributed by atoms with E-state index in [9.17, 15) is 0 Å². The van der Waals surface area contributed by atoms with E-state index in [4.69, 9.17) is 16.3 Å². The second kappa shape index (κ2) is 6.41. The predicted octanol–water partition coefficient (Wildman–Crippen LogP) is 2.69. The van der Waals surface area contributed by atoms with Crippen molar-refractivity contribution in [2.24, 2.45) is 0 Å². The molecule has 0 amide bonds. The number of hydrogen-bond donors (Lipinski definition) is 0. The zero-order valence-corrected chi connectivity index (χ0v) is 13.2. The van der Waals surface area contributed by atoms with Gasteiger partial charge in [-0.1, -0.05) is 0 Å². The Bertz CT molecular complexity index is 582. The van der Waals surface area contributed by atoms with Gasteiger partial charge in [0.2, 0.25) is 5.88 Å². The average molecular weight is 297 g/mol. The van der Waals surface area contributed by atoms with E-state index in [2.05, 4.69) is 40.5 Å². The summed E-state index contributed by atoms with van der Waals surface area (Å²) in [6, 6.07) is 4.03. The SMILES string of the molecule is COc1ccc2nc(CCl)n(C(C)CCN(C)C)c2n1. The lowest BCUT2D eigenvalue weighted by Gasteiger charge is -2.18. The number of rotatable bonds is 6. The molecule has 0 spiro atoms. The van der Waals surface area contributed by atoms with Crippen LogP contribution in [0.4, 0.5) is 0 Å². The van der Waals surface area contributed by atoms with Crippen molar-refractivity contribution < 1.29 is 4.74 Å². The molecule has 0 fully saturated rings. The Labute approximate surface area is 124 Å². The number of alkyl halides is 1. The summed E-state index contributed by atoms with van der Waals surface area (Å²) in [5.41, 5.74) is 1.70. The molecule has 0 radical (unpaired) electrons. The quantitative estimate of drug-likeness (QED) is 0.769. The van der Waals surface area contributed by atoms with Crippen LogP contribution in [0.2, 0.25) is 0 Å². The first-order chi connectivity index (χ1) is 9.56. The Morgan fingerprint density at radius 3 is 2.70 bits per heavy atom. The number of ether oxygens (including phenoxy) is 1. The maximum atomic E-state index is 6.03. The molecule has 0 aromatic carbocycles. The van der Waals surface area contributed by atoms with Crippen LogP contribution in [0.25, 0.3) is 11.2 Å². The first-order valence-corrected chi connectivity index (χ1v) is 7.22. The van der Waals surface area contributed by atoms with Crippen molar-refractivity contribution in [3.8, 4) is 5.88 Å². The van der Waals surface area contributed by atoms with Crippen molar-refractivity contribution in [2.75, 3.05) is 27.7 Å². The Kier molecular flexibility index (Phi) is 4.83. The lowest BCUT2D eigenvalue weighted by atomic mass is 10.2. The average Bonchev–Trinajstić information content (AvgIpc) is 2.81. The highest BCUT2D eigenvalue weighted by atomic mass is 35.5. The molecule has 2 aromatic heterocycles. The van der Waals surface area contributed by atoms with Crippen molar-refractivity contribution >= 4 is 22.8 Å². The molecule has 0 aliphatic heterocycles. The molecule has 1 unspecified atom stereocenters. The zero-order valence-electron chi connectivity index (χ0n) is 12.4. The molecule has 2 aromatic rings. The van der Waals surface area contributed by atoms with Gasteiger partial charge in [-0.15, -0.1) is 11.6 Å². The summed E-state index contributed by atoms with van der Waals surface area (Å²) < 4.78 is 7.32. The number of methoxy groups -OCH3 is 1. The van der Waals surface area contributed by atoms with Crippen LogP contribution >= 0.6 is 11.6 Å². The van der Waals surface area contributed by atoms with E-state index >= 15 is 0 Å². The van der Waals surface area contributed by atoms with Gasteiger partial charge < -0.3 is 14.2 Å². The Balaban J connectivity index is 2.42. The van der Waals surface area contributed by atoms with E-state index in [1.54, 1.807) is 7.11 Å². The van der Waals surface area contributed by atoms with Gasteiger partial charge in [0.25, 0.3) is 0 Å². The van der Waals surface area contributed by atoms with Crippen LogP contribution in [0.3, 0.4) is 0 Å². The summed E-state index contributed by atoms with van der Waals surface area (Å²) in [6.45, 7) is 3.17. The van der Waals surface area contributed by atoms with E-state index in [1.807, 2.05) is 12.1 Å². The maximum absolute atomic E-state index is 6.03. The summed E-state index contributed by atoms with van der Waals surface area (Å²) in [6.07, 6.45) is 1.02. The maximum Gasteiger partial charge on any atom is 0.215 e. The molecular formula is C14H21ClN4O. The van der Waals surface area contributed by atoms with Gasteiger partial charge >= 0.3 is 0 Å². The molecule has 0 bridgehead atoms. The number of fused-ring (bicyclic) bond motifs is 1. The van der Waals surface area contributed by atoms with E-state index in [0.29, 0.717) is 11.8 Å². The fourth-order valence-electron chi connectivity index (χ4n) is 2.25. The first-order valence-electron chi connectivity index (χ1n) is 6.69. The monoisotopic (exact) mass is 296 g/mol. The normalized spacial score (nSPS) is 13.1. The van der Waals surface area contributed by atoms with Crippen LogP contribution in [-0.2, 0) is 5.88 Å². The van der Waals surface area contributed by atoms with Crippen molar-refractivity contribution in [2.45, 2.75) is 25.3 Å². The summed E-state index contributed by atoms with van der Waals surface area (Å²) in [4.78, 5) is 11.2. The molecule has 2 heterocycles. The minimum atomic E-state index is 0.288. The molecule has 0 saturated heterocycles. The van der Waals surface area contributed by atoms with E-state index in [1.165, 1.54) is 0 Å². The third kappa shape index (κ3) is 3.04. The lowest BCUT2D eigenvalue weighted by Crippen LogP contribution is -2.18. The second-order valence-electron chi connectivity index (χ2n) is 5.17. The highest BCUT2D eigenvalue weighted by Gasteiger charge is 2.17. The number of aromatic nitrogens is 3. The number of imidazole rings is 1. The molecule has 0 N–H and O–H groups in total. The Hall–Kier alpha value is -1.33. The van der Waals surface area contributed by atoms with E-state index in [-0.39, 0.29) is 6.04 Å². The van der Waals surface area contributed by atoms with Gasteiger partial charge in [-0.05, 0) is 40.1 Å². The van der Waals surface area contributed by atoms with Gasteiger partial charge in [0.1, 0.15) is 11.3 Å². The topological polar surface area (TPSA) is 43.2 Å². The predicted molar refractivity (Wildman–Crippen MR) is 81.5 cm³/mol. The van der Waals surface area contributed by atoms with Crippen molar-refractivity contribution in [3.63, 3.8) is 0 Å². The van der Waals surface area contributed by atoms with Crippen molar-refractivity contribution in [1.82, 2.24) is 19.4 Å². The van der Waals surface area contributed by atoms with Crippen LogP contribution in [0, 0.1) is 0 Å². The molecule has 1 atom stereocenters. The number of pyridine rings is 1. The fraction of sp³-hybridized carbons (Fsp3) is 0.571. The molecule has 20 heavy (non-hydrogen) atoms. The first kappa shape index (κ1) is 15.1. The molecule has 110 valence electrons. The summed E-state index contributed by atoms with van der Waals surface area (Å²) in [5.74, 6) is 1.83. The smallest absolute Gasteiger partial charge is 0.215 e. The zero-order chi connectivity index (χ0) is 14.7. The van der Waals surface area contributed by atoms with E-state index in [0.717, 1.165) is 30.0 Å². The van der Waals surface area contributed by atoms with E-state index < -0.39 is 0 Å². The van der Waals surface area contributed by atoms with Crippen LogP contribution < -0.4 is 4.74 Å². The molecule has 0 aliphatic rings.